The molecule has 162 valence electrons. The molecule has 0 unspecified atom stereocenters. The van der Waals surface area contributed by atoms with Gasteiger partial charge in [0, 0.05) is 6.54 Å². The highest BCUT2D eigenvalue weighted by atomic mass is 19.4. The standard InChI is InChI=1S/C20H24F3N5O2/c1-11(2)14-6-4-5-7-15(14)28-12(3)25-18(26-28)19(30)27-10-13(17(24)29)8-9-16(27)20(21,22)23/h4-7,11,13,16H,8-10H2,1-3H3,(H2,24,29)/t13-,16+/m0/s1. The van der Waals surface area contributed by atoms with Crippen LogP contribution in [0.2, 0.25) is 0 Å². The first-order valence-corrected chi connectivity index (χ1v) is 9.70. The summed E-state index contributed by atoms with van der Waals surface area (Å²) < 4.78 is 42.1. The maximum Gasteiger partial charge on any atom is 0.408 e. The first-order chi connectivity index (χ1) is 14.0. The highest BCUT2D eigenvalue weighted by Crippen LogP contribution is 2.34. The van der Waals surface area contributed by atoms with Gasteiger partial charge in [0.15, 0.2) is 0 Å². The van der Waals surface area contributed by atoms with Gasteiger partial charge in [-0.2, -0.15) is 13.2 Å². The van der Waals surface area contributed by atoms with Crippen molar-refractivity contribution in [2.24, 2.45) is 11.7 Å². The maximum absolute atomic E-state index is 13.5. The first kappa shape index (κ1) is 21.8. The number of amides is 2. The number of aromatic nitrogens is 3. The molecule has 0 aliphatic carbocycles. The van der Waals surface area contributed by atoms with Crippen molar-refractivity contribution in [1.82, 2.24) is 19.7 Å². The van der Waals surface area contributed by atoms with Crippen LogP contribution in [0.15, 0.2) is 24.3 Å². The Morgan fingerprint density at radius 3 is 2.47 bits per heavy atom. The van der Waals surface area contributed by atoms with Gasteiger partial charge in [-0.15, -0.1) is 5.10 Å². The molecule has 2 aromatic rings. The van der Waals surface area contributed by atoms with Crippen molar-refractivity contribution in [1.29, 1.82) is 0 Å². The fourth-order valence-corrected chi connectivity index (χ4v) is 3.77. The number of benzene rings is 1. The normalized spacial score (nSPS) is 19.9. The van der Waals surface area contributed by atoms with E-state index >= 15 is 0 Å². The van der Waals surface area contributed by atoms with E-state index < -0.39 is 42.9 Å². The number of piperidine rings is 1. The minimum atomic E-state index is -4.62. The summed E-state index contributed by atoms with van der Waals surface area (Å²) in [5, 5.41) is 4.22. The molecule has 0 spiro atoms. The second kappa shape index (κ2) is 8.08. The molecule has 0 radical (unpaired) electrons. The van der Waals surface area contributed by atoms with E-state index in [0.29, 0.717) is 16.4 Å². The Balaban J connectivity index is 1.98. The molecule has 2 amide bonds. The number of hydrogen-bond donors (Lipinski definition) is 1. The lowest BCUT2D eigenvalue weighted by atomic mass is 9.91. The number of carbonyl (C=O) groups excluding carboxylic acids is 2. The summed E-state index contributed by atoms with van der Waals surface area (Å²) in [6, 6.07) is 5.42. The zero-order valence-corrected chi connectivity index (χ0v) is 17.0. The number of nitrogens with zero attached hydrogens (tertiary/aromatic N) is 4. The lowest BCUT2D eigenvalue weighted by Gasteiger charge is -2.38. The second-order valence-corrected chi connectivity index (χ2v) is 7.80. The Kier molecular flexibility index (Phi) is 5.87. The van der Waals surface area contributed by atoms with Gasteiger partial charge in [-0.05, 0) is 37.3 Å². The number of likely N-dealkylation sites (tertiary alicyclic amines) is 1. The molecule has 1 aliphatic rings. The number of carbonyl (C=O) groups is 2. The molecule has 0 bridgehead atoms. The van der Waals surface area contributed by atoms with E-state index in [0.717, 1.165) is 5.56 Å². The molecule has 2 atom stereocenters. The number of para-hydroxylation sites is 1. The predicted octanol–water partition coefficient (Wildman–Crippen LogP) is 2.97. The van der Waals surface area contributed by atoms with E-state index in [4.69, 9.17) is 5.73 Å². The number of primary amides is 1. The van der Waals surface area contributed by atoms with E-state index in [1.165, 1.54) is 4.68 Å². The van der Waals surface area contributed by atoms with Crippen molar-refractivity contribution in [3.63, 3.8) is 0 Å². The summed E-state index contributed by atoms with van der Waals surface area (Å²) in [7, 11) is 0. The highest BCUT2D eigenvalue weighted by molar-refractivity contribution is 5.91. The third-order valence-corrected chi connectivity index (χ3v) is 5.37. The monoisotopic (exact) mass is 423 g/mol. The molecule has 1 aromatic carbocycles. The number of alkyl halides is 3. The summed E-state index contributed by atoms with van der Waals surface area (Å²) in [4.78, 5) is 29.3. The Morgan fingerprint density at radius 1 is 1.20 bits per heavy atom. The SMILES string of the molecule is Cc1nc(C(=O)N2C[C@@H](C(N)=O)CC[C@@H]2C(F)(F)F)nn1-c1ccccc1C(C)C. The molecule has 1 saturated heterocycles. The molecule has 0 saturated carbocycles. The van der Waals surface area contributed by atoms with Gasteiger partial charge in [0.1, 0.15) is 11.9 Å². The van der Waals surface area contributed by atoms with Gasteiger partial charge in [-0.25, -0.2) is 9.67 Å². The van der Waals surface area contributed by atoms with Crippen LogP contribution in [0.3, 0.4) is 0 Å². The predicted molar refractivity (Wildman–Crippen MR) is 103 cm³/mol. The number of aryl methyl sites for hydroxylation is 1. The van der Waals surface area contributed by atoms with Crippen molar-refractivity contribution in [2.45, 2.75) is 51.7 Å². The Morgan fingerprint density at radius 2 is 1.87 bits per heavy atom. The van der Waals surface area contributed by atoms with Gasteiger partial charge < -0.3 is 10.6 Å². The minimum Gasteiger partial charge on any atom is -0.369 e. The molecule has 10 heteroatoms. The highest BCUT2D eigenvalue weighted by Gasteiger charge is 2.49. The zero-order valence-electron chi connectivity index (χ0n) is 17.0. The molecule has 1 aliphatic heterocycles. The van der Waals surface area contributed by atoms with Crippen molar-refractivity contribution in [2.75, 3.05) is 6.54 Å². The molecule has 2 N–H and O–H groups in total. The lowest BCUT2D eigenvalue weighted by Crippen LogP contribution is -2.55. The van der Waals surface area contributed by atoms with Crippen LogP contribution in [-0.2, 0) is 4.79 Å². The zero-order chi connectivity index (χ0) is 22.2. The Hall–Kier alpha value is -2.91. The average molecular weight is 423 g/mol. The number of halogens is 3. The smallest absolute Gasteiger partial charge is 0.369 e. The third-order valence-electron chi connectivity index (χ3n) is 5.37. The van der Waals surface area contributed by atoms with Crippen molar-refractivity contribution < 1.29 is 22.8 Å². The molecule has 30 heavy (non-hydrogen) atoms. The molecule has 1 fully saturated rings. The summed E-state index contributed by atoms with van der Waals surface area (Å²) in [6.07, 6.45) is -5.04. The van der Waals surface area contributed by atoms with Gasteiger partial charge in [-0.1, -0.05) is 32.0 Å². The Labute approximate surface area is 172 Å². The Bertz CT molecular complexity index is 954. The van der Waals surface area contributed by atoms with Crippen LogP contribution in [0.5, 0.6) is 0 Å². The maximum atomic E-state index is 13.5. The topological polar surface area (TPSA) is 94.1 Å². The van der Waals surface area contributed by atoms with E-state index in [2.05, 4.69) is 10.1 Å². The fraction of sp³-hybridized carbons (Fsp3) is 0.500. The van der Waals surface area contributed by atoms with Crippen LogP contribution < -0.4 is 5.73 Å². The summed E-state index contributed by atoms with van der Waals surface area (Å²) >= 11 is 0. The van der Waals surface area contributed by atoms with Gasteiger partial charge in [0.2, 0.25) is 11.7 Å². The van der Waals surface area contributed by atoms with E-state index in [9.17, 15) is 22.8 Å². The van der Waals surface area contributed by atoms with Crippen LogP contribution in [0.4, 0.5) is 13.2 Å². The summed E-state index contributed by atoms with van der Waals surface area (Å²) in [6.45, 7) is 5.23. The molecular formula is C20H24F3N5O2. The quantitative estimate of drug-likeness (QED) is 0.818. The van der Waals surface area contributed by atoms with E-state index in [-0.39, 0.29) is 18.2 Å². The van der Waals surface area contributed by atoms with Crippen molar-refractivity contribution in [3.8, 4) is 5.69 Å². The van der Waals surface area contributed by atoms with E-state index in [1.54, 1.807) is 6.92 Å². The van der Waals surface area contributed by atoms with Crippen LogP contribution in [0.1, 0.15) is 54.6 Å². The number of nitrogens with two attached hydrogens (primary N) is 1. The van der Waals surface area contributed by atoms with Gasteiger partial charge in [0.25, 0.3) is 5.91 Å². The average Bonchev–Trinajstić information content (AvgIpc) is 3.07. The van der Waals surface area contributed by atoms with Crippen molar-refractivity contribution in [3.05, 3.63) is 41.5 Å². The molecular weight excluding hydrogens is 399 g/mol. The van der Waals surface area contributed by atoms with Gasteiger partial charge in [-0.3, -0.25) is 9.59 Å². The molecule has 7 nitrogen and oxygen atoms in total. The second-order valence-electron chi connectivity index (χ2n) is 7.80. The van der Waals surface area contributed by atoms with Crippen LogP contribution in [-0.4, -0.2) is 50.2 Å². The van der Waals surface area contributed by atoms with Gasteiger partial charge >= 0.3 is 6.18 Å². The van der Waals surface area contributed by atoms with Gasteiger partial charge in [0.05, 0.1) is 11.6 Å². The van der Waals surface area contributed by atoms with Crippen LogP contribution in [0.25, 0.3) is 5.69 Å². The molecule has 3 rings (SSSR count). The summed E-state index contributed by atoms with van der Waals surface area (Å²) in [5.74, 6) is -2.33. The first-order valence-electron chi connectivity index (χ1n) is 9.70. The lowest BCUT2D eigenvalue weighted by molar-refractivity contribution is -0.187. The molecule has 2 heterocycles. The number of rotatable bonds is 4. The number of hydrogen-bond acceptors (Lipinski definition) is 4. The van der Waals surface area contributed by atoms with Crippen molar-refractivity contribution >= 4 is 11.8 Å². The fourth-order valence-electron chi connectivity index (χ4n) is 3.77. The third kappa shape index (κ3) is 4.17. The van der Waals surface area contributed by atoms with Crippen LogP contribution >= 0.6 is 0 Å². The molecule has 1 aromatic heterocycles. The van der Waals surface area contributed by atoms with E-state index in [1.807, 2.05) is 38.1 Å². The minimum absolute atomic E-state index is 0.0219. The van der Waals surface area contributed by atoms with Crippen LogP contribution in [0, 0.1) is 12.8 Å². The largest absolute Gasteiger partial charge is 0.408 e. The summed E-state index contributed by atoms with van der Waals surface area (Å²) in [5.41, 5.74) is 6.95.